The van der Waals surface area contributed by atoms with Crippen molar-refractivity contribution in [2.45, 2.75) is 44.7 Å². The van der Waals surface area contributed by atoms with Gasteiger partial charge in [-0.15, -0.1) is 0 Å². The summed E-state index contributed by atoms with van der Waals surface area (Å²) in [7, 11) is 3.34. The van der Waals surface area contributed by atoms with Crippen LogP contribution in [0.1, 0.15) is 36.8 Å². The number of carbonyl (C=O) groups is 1. The molecule has 3 aliphatic rings. The molecular weight excluding hydrogens is 354 g/mol. The van der Waals surface area contributed by atoms with E-state index in [0.29, 0.717) is 6.54 Å². The van der Waals surface area contributed by atoms with Gasteiger partial charge in [0.05, 0.1) is 20.8 Å². The molecule has 154 valence electrons. The number of ether oxygens (including phenoxy) is 2. The highest BCUT2D eigenvalue weighted by molar-refractivity contribution is 5.78. The molecule has 2 aliphatic heterocycles. The molecular formula is C22H33N3O3. The van der Waals surface area contributed by atoms with Gasteiger partial charge in [0.1, 0.15) is 0 Å². The summed E-state index contributed by atoms with van der Waals surface area (Å²) in [6, 6.07) is 4.91. The monoisotopic (exact) mass is 387 g/mol. The number of hydrogen-bond acceptors (Lipinski definition) is 5. The lowest BCUT2D eigenvalue weighted by molar-refractivity contribution is -0.134. The maximum atomic E-state index is 12.9. The van der Waals surface area contributed by atoms with E-state index in [1.54, 1.807) is 14.2 Å². The zero-order valence-corrected chi connectivity index (χ0v) is 17.3. The summed E-state index contributed by atoms with van der Waals surface area (Å²) < 4.78 is 10.9. The number of hydrogen-bond donors (Lipinski definition) is 0. The number of fused-ring (bicyclic) bond motifs is 1. The predicted molar refractivity (Wildman–Crippen MR) is 109 cm³/mol. The maximum absolute atomic E-state index is 12.9. The normalized spacial score (nSPS) is 21.6. The molecule has 4 rings (SSSR count). The molecule has 2 heterocycles. The van der Waals surface area contributed by atoms with E-state index in [4.69, 9.17) is 9.47 Å². The first-order valence-electron chi connectivity index (χ1n) is 10.7. The lowest BCUT2D eigenvalue weighted by Crippen LogP contribution is -2.53. The van der Waals surface area contributed by atoms with Crippen molar-refractivity contribution in [2.75, 3.05) is 53.5 Å². The van der Waals surface area contributed by atoms with E-state index in [2.05, 4.69) is 26.8 Å². The van der Waals surface area contributed by atoms with Crippen molar-refractivity contribution in [3.8, 4) is 11.5 Å². The van der Waals surface area contributed by atoms with Gasteiger partial charge in [0.2, 0.25) is 5.91 Å². The highest BCUT2D eigenvalue weighted by atomic mass is 16.5. The number of benzene rings is 1. The Morgan fingerprint density at radius 3 is 2.25 bits per heavy atom. The van der Waals surface area contributed by atoms with Gasteiger partial charge in [0, 0.05) is 45.3 Å². The Labute approximate surface area is 168 Å². The molecule has 6 nitrogen and oxygen atoms in total. The molecule has 0 spiro atoms. The number of methoxy groups -OCH3 is 2. The van der Waals surface area contributed by atoms with Gasteiger partial charge in [0.25, 0.3) is 0 Å². The Balaban J connectivity index is 1.31. The van der Waals surface area contributed by atoms with Crippen molar-refractivity contribution in [1.82, 2.24) is 14.7 Å². The molecule has 0 aromatic heterocycles. The third-order valence-electron chi connectivity index (χ3n) is 6.66. The van der Waals surface area contributed by atoms with Gasteiger partial charge >= 0.3 is 0 Å². The number of carbonyl (C=O) groups excluding carboxylic acids is 1. The van der Waals surface area contributed by atoms with E-state index in [-0.39, 0.29) is 5.91 Å². The van der Waals surface area contributed by atoms with Crippen molar-refractivity contribution in [1.29, 1.82) is 0 Å². The molecule has 1 aliphatic carbocycles. The van der Waals surface area contributed by atoms with Gasteiger partial charge in [-0.2, -0.15) is 0 Å². The second-order valence-corrected chi connectivity index (χ2v) is 8.29. The van der Waals surface area contributed by atoms with Crippen LogP contribution in [0.4, 0.5) is 0 Å². The molecule has 0 unspecified atom stereocenters. The van der Waals surface area contributed by atoms with Crippen LogP contribution in [0.5, 0.6) is 11.5 Å². The quantitative estimate of drug-likeness (QED) is 0.775. The van der Waals surface area contributed by atoms with Crippen LogP contribution < -0.4 is 9.47 Å². The van der Waals surface area contributed by atoms with E-state index in [1.807, 2.05) is 0 Å². The van der Waals surface area contributed by atoms with Gasteiger partial charge in [0.15, 0.2) is 11.5 Å². The Kier molecular flexibility index (Phi) is 6.07. The Morgan fingerprint density at radius 2 is 1.61 bits per heavy atom. The first-order chi connectivity index (χ1) is 13.7. The van der Waals surface area contributed by atoms with Crippen molar-refractivity contribution < 1.29 is 14.3 Å². The van der Waals surface area contributed by atoms with Gasteiger partial charge in [-0.05, 0) is 42.5 Å². The van der Waals surface area contributed by atoms with Gasteiger partial charge in [-0.25, -0.2) is 0 Å². The van der Waals surface area contributed by atoms with Crippen LogP contribution in [-0.4, -0.2) is 80.1 Å². The Bertz CT molecular complexity index is 695. The summed E-state index contributed by atoms with van der Waals surface area (Å²) in [6.07, 6.45) is 6.37. The molecule has 6 heteroatoms. The Hall–Kier alpha value is -1.79. The first-order valence-corrected chi connectivity index (χ1v) is 10.7. The summed E-state index contributed by atoms with van der Waals surface area (Å²) in [4.78, 5) is 19.8. The minimum Gasteiger partial charge on any atom is -0.493 e. The van der Waals surface area contributed by atoms with Crippen LogP contribution in [0.15, 0.2) is 12.1 Å². The summed E-state index contributed by atoms with van der Waals surface area (Å²) in [5, 5.41) is 0. The predicted octanol–water partition coefficient (Wildman–Crippen LogP) is 2.15. The molecule has 0 radical (unpaired) electrons. The standard InChI is InChI=1S/C22H33N3O3/c1-27-20-13-17-7-8-23(15-18(17)14-21(20)28-2)16-22(26)25-11-9-24(10-12-25)19-5-3-4-6-19/h13-14,19H,3-12,15-16H2,1-2H3. The summed E-state index contributed by atoms with van der Waals surface area (Å²) in [5.41, 5.74) is 2.54. The average Bonchev–Trinajstić information content (AvgIpc) is 3.27. The fourth-order valence-corrected chi connectivity index (χ4v) is 4.97. The zero-order chi connectivity index (χ0) is 19.5. The molecule has 1 saturated heterocycles. The summed E-state index contributed by atoms with van der Waals surface area (Å²) in [5.74, 6) is 1.82. The second-order valence-electron chi connectivity index (χ2n) is 8.29. The SMILES string of the molecule is COc1cc2c(cc1OC)CN(CC(=O)N1CCN(C3CCCC3)CC1)CC2. The zero-order valence-electron chi connectivity index (χ0n) is 17.3. The van der Waals surface area contributed by atoms with Gasteiger partial charge < -0.3 is 14.4 Å². The van der Waals surface area contributed by atoms with Gasteiger partial charge in [-0.3, -0.25) is 14.6 Å². The van der Waals surface area contributed by atoms with Crippen molar-refractivity contribution in [3.05, 3.63) is 23.3 Å². The lowest BCUT2D eigenvalue weighted by atomic mass is 9.98. The van der Waals surface area contributed by atoms with E-state index < -0.39 is 0 Å². The number of nitrogens with zero attached hydrogens (tertiary/aromatic N) is 3. The number of rotatable bonds is 5. The first kappa shape index (κ1) is 19.5. The molecule has 0 N–H and O–H groups in total. The van der Waals surface area contributed by atoms with Crippen LogP contribution in [-0.2, 0) is 17.8 Å². The number of piperazine rings is 1. The lowest BCUT2D eigenvalue weighted by Gasteiger charge is -2.39. The Morgan fingerprint density at radius 1 is 0.964 bits per heavy atom. The molecule has 0 atom stereocenters. The van der Waals surface area contributed by atoms with E-state index in [0.717, 1.165) is 63.2 Å². The number of amides is 1. The summed E-state index contributed by atoms with van der Waals surface area (Å²) >= 11 is 0. The molecule has 1 amide bonds. The third kappa shape index (κ3) is 4.13. The van der Waals surface area contributed by atoms with Crippen LogP contribution in [0.25, 0.3) is 0 Å². The van der Waals surface area contributed by atoms with Crippen molar-refractivity contribution in [3.63, 3.8) is 0 Å². The maximum Gasteiger partial charge on any atom is 0.236 e. The van der Waals surface area contributed by atoms with E-state index in [9.17, 15) is 4.79 Å². The molecule has 0 bridgehead atoms. The van der Waals surface area contributed by atoms with Crippen LogP contribution in [0.3, 0.4) is 0 Å². The minimum absolute atomic E-state index is 0.273. The van der Waals surface area contributed by atoms with Crippen LogP contribution >= 0.6 is 0 Å². The molecule has 1 saturated carbocycles. The molecule has 1 aromatic carbocycles. The average molecular weight is 388 g/mol. The third-order valence-corrected chi connectivity index (χ3v) is 6.66. The van der Waals surface area contributed by atoms with E-state index in [1.165, 1.54) is 36.8 Å². The smallest absolute Gasteiger partial charge is 0.236 e. The highest BCUT2D eigenvalue weighted by Crippen LogP contribution is 2.33. The molecule has 2 fully saturated rings. The van der Waals surface area contributed by atoms with Crippen LogP contribution in [0.2, 0.25) is 0 Å². The van der Waals surface area contributed by atoms with Crippen molar-refractivity contribution >= 4 is 5.91 Å². The van der Waals surface area contributed by atoms with Crippen LogP contribution in [0, 0.1) is 0 Å². The molecule has 28 heavy (non-hydrogen) atoms. The topological polar surface area (TPSA) is 45.3 Å². The largest absolute Gasteiger partial charge is 0.493 e. The fraction of sp³-hybridized carbons (Fsp3) is 0.682. The molecule has 1 aromatic rings. The van der Waals surface area contributed by atoms with Gasteiger partial charge in [-0.1, -0.05) is 12.8 Å². The minimum atomic E-state index is 0.273. The van der Waals surface area contributed by atoms with Crippen molar-refractivity contribution in [2.24, 2.45) is 0 Å². The fourth-order valence-electron chi connectivity index (χ4n) is 4.97. The van der Waals surface area contributed by atoms with E-state index >= 15 is 0 Å². The summed E-state index contributed by atoms with van der Waals surface area (Å²) in [6.45, 7) is 6.05. The second kappa shape index (κ2) is 8.70. The highest BCUT2D eigenvalue weighted by Gasteiger charge is 2.29.